The first kappa shape index (κ1) is 19.9. The quantitative estimate of drug-likeness (QED) is 0.723. The molecule has 1 atom stereocenters. The van der Waals surface area contributed by atoms with Gasteiger partial charge in [-0.05, 0) is 44.7 Å². The third-order valence-electron chi connectivity index (χ3n) is 4.56. The van der Waals surface area contributed by atoms with Gasteiger partial charge >= 0.3 is 12.1 Å². The molecule has 0 N–H and O–H groups in total. The summed E-state index contributed by atoms with van der Waals surface area (Å²) in [5, 5.41) is 0.464. The largest absolute Gasteiger partial charge is 0.444 e. The minimum Gasteiger partial charge on any atom is -0.444 e. The van der Waals surface area contributed by atoms with Crippen LogP contribution < -0.4 is 0 Å². The molecule has 1 saturated heterocycles. The van der Waals surface area contributed by atoms with Crippen LogP contribution in [0.4, 0.5) is 4.79 Å². The van der Waals surface area contributed by atoms with E-state index in [0.717, 1.165) is 0 Å². The molecule has 150 valence electrons. The summed E-state index contributed by atoms with van der Waals surface area (Å²) in [6.45, 7) is 9.33. The van der Waals surface area contributed by atoms with Gasteiger partial charge in [0.25, 0.3) is 11.8 Å². The van der Waals surface area contributed by atoms with E-state index in [1.807, 2.05) is 13.8 Å². The van der Waals surface area contributed by atoms with Gasteiger partial charge in [-0.3, -0.25) is 14.5 Å². The van der Waals surface area contributed by atoms with Crippen LogP contribution in [-0.2, 0) is 14.4 Å². The van der Waals surface area contributed by atoms with Gasteiger partial charge in [-0.1, -0.05) is 31.0 Å². The number of hydrogen-bond acceptors (Lipinski definition) is 6. The second-order valence-electron chi connectivity index (χ2n) is 8.85. The van der Waals surface area contributed by atoms with Crippen LogP contribution in [-0.4, -0.2) is 52.0 Å². The highest BCUT2D eigenvalue weighted by Gasteiger charge is 2.48. The summed E-state index contributed by atoms with van der Waals surface area (Å²) in [7, 11) is 0. The Morgan fingerprint density at radius 2 is 1.61 bits per heavy atom. The van der Waals surface area contributed by atoms with E-state index in [2.05, 4.69) is 0 Å². The van der Waals surface area contributed by atoms with Crippen LogP contribution in [0.1, 0.15) is 61.8 Å². The molecule has 1 aromatic carbocycles. The van der Waals surface area contributed by atoms with E-state index in [9.17, 15) is 19.2 Å². The third kappa shape index (κ3) is 3.72. The van der Waals surface area contributed by atoms with Crippen molar-refractivity contribution in [2.24, 2.45) is 5.41 Å². The topological polar surface area (TPSA) is 93.2 Å². The zero-order chi connectivity index (χ0) is 20.9. The van der Waals surface area contributed by atoms with Crippen LogP contribution in [0.5, 0.6) is 0 Å². The number of carbonyl (C=O) groups excluding carboxylic acids is 4. The summed E-state index contributed by atoms with van der Waals surface area (Å²) < 4.78 is 5.39. The van der Waals surface area contributed by atoms with Crippen molar-refractivity contribution in [2.75, 3.05) is 6.54 Å². The zero-order valence-corrected chi connectivity index (χ0v) is 16.6. The predicted molar refractivity (Wildman–Crippen MR) is 98.2 cm³/mol. The van der Waals surface area contributed by atoms with E-state index < -0.39 is 35.5 Å². The predicted octanol–water partition coefficient (Wildman–Crippen LogP) is 2.78. The number of ether oxygens (including phenoxy) is 1. The molecule has 3 rings (SSSR count). The Balaban J connectivity index is 1.78. The average Bonchev–Trinajstić information content (AvgIpc) is 3.03. The van der Waals surface area contributed by atoms with Crippen molar-refractivity contribution in [3.05, 3.63) is 35.4 Å². The lowest BCUT2D eigenvalue weighted by atomic mass is 9.91. The zero-order valence-electron chi connectivity index (χ0n) is 16.6. The van der Waals surface area contributed by atoms with Crippen LogP contribution in [0.15, 0.2) is 24.3 Å². The molecule has 0 unspecified atom stereocenters. The number of benzene rings is 1. The van der Waals surface area contributed by atoms with Gasteiger partial charge in [0.05, 0.1) is 11.1 Å². The molecule has 8 nitrogen and oxygen atoms in total. The number of likely N-dealkylation sites (tertiary alicyclic amines) is 1. The van der Waals surface area contributed by atoms with Gasteiger partial charge in [0, 0.05) is 6.54 Å². The van der Waals surface area contributed by atoms with Gasteiger partial charge in [-0.15, -0.1) is 0 Å². The summed E-state index contributed by atoms with van der Waals surface area (Å²) in [6.07, 6.45) is -0.309. The Morgan fingerprint density at radius 3 is 2.11 bits per heavy atom. The summed E-state index contributed by atoms with van der Waals surface area (Å²) in [6, 6.07) is 5.29. The summed E-state index contributed by atoms with van der Waals surface area (Å²) in [5.74, 6) is -2.24. The van der Waals surface area contributed by atoms with Crippen molar-refractivity contribution in [1.82, 2.24) is 9.96 Å². The fourth-order valence-electron chi connectivity index (χ4n) is 3.39. The minimum absolute atomic E-state index is 0.177. The van der Waals surface area contributed by atoms with Crippen molar-refractivity contribution >= 4 is 23.9 Å². The smallest absolute Gasteiger partial charge is 0.411 e. The van der Waals surface area contributed by atoms with E-state index in [-0.39, 0.29) is 16.5 Å². The van der Waals surface area contributed by atoms with Gasteiger partial charge in [-0.25, -0.2) is 9.59 Å². The maximum absolute atomic E-state index is 12.8. The number of fused-ring (bicyclic) bond motifs is 1. The molecule has 2 aliphatic rings. The molecule has 0 aromatic heterocycles. The van der Waals surface area contributed by atoms with Gasteiger partial charge < -0.3 is 9.57 Å². The van der Waals surface area contributed by atoms with Gasteiger partial charge in [-0.2, -0.15) is 0 Å². The summed E-state index contributed by atoms with van der Waals surface area (Å²) in [5.41, 5.74) is -0.712. The lowest BCUT2D eigenvalue weighted by Gasteiger charge is -2.28. The van der Waals surface area contributed by atoms with Crippen LogP contribution >= 0.6 is 0 Å². The van der Waals surface area contributed by atoms with Gasteiger partial charge in [0.2, 0.25) is 0 Å². The second-order valence-corrected chi connectivity index (χ2v) is 8.85. The molecule has 0 radical (unpaired) electrons. The lowest BCUT2D eigenvalue weighted by Crippen LogP contribution is -2.46. The molecule has 8 heteroatoms. The number of hydroxylamine groups is 2. The fraction of sp³-hybridized carbons (Fsp3) is 0.500. The molecule has 0 saturated carbocycles. The first-order valence-electron chi connectivity index (χ1n) is 9.09. The van der Waals surface area contributed by atoms with Crippen molar-refractivity contribution in [2.45, 2.75) is 52.7 Å². The van der Waals surface area contributed by atoms with E-state index in [0.29, 0.717) is 18.0 Å². The highest BCUT2D eigenvalue weighted by atomic mass is 16.7. The summed E-state index contributed by atoms with van der Waals surface area (Å²) >= 11 is 0. The van der Waals surface area contributed by atoms with Crippen LogP contribution in [0, 0.1) is 5.41 Å². The standard InChI is InChI=1S/C20H24N2O6/c1-19(2,3)27-18(26)21-11-20(4,5)10-14(21)17(25)28-22-15(23)12-8-6-7-9-13(12)16(22)24/h6-9,14H,10-11H2,1-5H3/t14-/m1/s1. The molecule has 28 heavy (non-hydrogen) atoms. The van der Waals surface area contributed by atoms with Crippen molar-refractivity contribution in [3.8, 4) is 0 Å². The number of imide groups is 1. The van der Waals surface area contributed by atoms with Crippen LogP contribution in [0.3, 0.4) is 0 Å². The number of amides is 3. The Bertz CT molecular complexity index is 819. The molecule has 0 spiro atoms. The van der Waals surface area contributed by atoms with E-state index in [1.165, 1.54) is 17.0 Å². The molecule has 0 bridgehead atoms. The van der Waals surface area contributed by atoms with Crippen LogP contribution in [0.25, 0.3) is 0 Å². The Kier molecular flexibility index (Phi) is 4.69. The molecular weight excluding hydrogens is 364 g/mol. The van der Waals surface area contributed by atoms with Gasteiger partial charge in [0.1, 0.15) is 11.6 Å². The maximum atomic E-state index is 12.8. The molecule has 2 aliphatic heterocycles. The third-order valence-corrected chi connectivity index (χ3v) is 4.56. The van der Waals surface area contributed by atoms with E-state index in [1.54, 1.807) is 32.9 Å². The molecule has 1 aromatic rings. The Morgan fingerprint density at radius 1 is 1.07 bits per heavy atom. The van der Waals surface area contributed by atoms with Crippen molar-refractivity contribution in [3.63, 3.8) is 0 Å². The molecule has 3 amide bonds. The number of carbonyl (C=O) groups is 4. The summed E-state index contributed by atoms with van der Waals surface area (Å²) in [4.78, 5) is 56.6. The highest BCUT2D eigenvalue weighted by molar-refractivity contribution is 6.20. The van der Waals surface area contributed by atoms with Crippen molar-refractivity contribution < 1.29 is 28.8 Å². The van der Waals surface area contributed by atoms with Crippen molar-refractivity contribution in [1.29, 1.82) is 0 Å². The number of nitrogens with zero attached hydrogens (tertiary/aromatic N) is 2. The minimum atomic E-state index is -0.950. The average molecular weight is 388 g/mol. The molecule has 2 heterocycles. The first-order chi connectivity index (χ1) is 12.9. The van der Waals surface area contributed by atoms with Crippen LogP contribution in [0.2, 0.25) is 0 Å². The molecular formula is C20H24N2O6. The fourth-order valence-corrected chi connectivity index (χ4v) is 3.39. The van der Waals surface area contributed by atoms with Gasteiger partial charge in [0.15, 0.2) is 0 Å². The van der Waals surface area contributed by atoms with E-state index >= 15 is 0 Å². The molecule has 1 fully saturated rings. The monoisotopic (exact) mass is 388 g/mol. The number of hydrogen-bond donors (Lipinski definition) is 0. The lowest BCUT2D eigenvalue weighted by molar-refractivity contribution is -0.173. The first-order valence-corrected chi connectivity index (χ1v) is 9.09. The number of rotatable bonds is 2. The Hall–Kier alpha value is -2.90. The molecule has 0 aliphatic carbocycles. The normalized spacial score (nSPS) is 21.0. The maximum Gasteiger partial charge on any atom is 0.411 e. The SMILES string of the molecule is CC1(C)C[C@H](C(=O)ON2C(=O)c3ccccc3C2=O)N(C(=O)OC(C)(C)C)C1. The second kappa shape index (κ2) is 6.61. The van der Waals surface area contributed by atoms with E-state index in [4.69, 9.17) is 9.57 Å². The Labute approximate surface area is 163 Å². The highest BCUT2D eigenvalue weighted by Crippen LogP contribution is 2.36.